The molecule has 0 aliphatic rings. The van der Waals surface area contributed by atoms with E-state index in [1.807, 2.05) is 32.0 Å². The number of nitrogens with one attached hydrogen (secondary N) is 2. The lowest BCUT2D eigenvalue weighted by Crippen LogP contribution is -2.29. The Morgan fingerprint density at radius 2 is 1.83 bits per heavy atom. The molecule has 0 spiro atoms. The Hall–Kier alpha value is -1.35. The lowest BCUT2D eigenvalue weighted by molar-refractivity contribution is -0.115. The van der Waals surface area contributed by atoms with Crippen molar-refractivity contribution in [1.29, 1.82) is 0 Å². The Morgan fingerprint density at radius 3 is 2.39 bits per heavy atom. The van der Waals surface area contributed by atoms with Crippen molar-refractivity contribution >= 4 is 11.6 Å². The van der Waals surface area contributed by atoms with Crippen molar-refractivity contribution in [2.45, 2.75) is 34.1 Å². The minimum absolute atomic E-state index is 0.0242. The number of rotatable bonds is 6. The smallest absolute Gasteiger partial charge is 0.238 e. The van der Waals surface area contributed by atoms with Crippen molar-refractivity contribution < 1.29 is 4.79 Å². The molecule has 0 unspecified atom stereocenters. The Morgan fingerprint density at radius 1 is 1.22 bits per heavy atom. The molecule has 1 rings (SSSR count). The van der Waals surface area contributed by atoms with E-state index in [1.165, 1.54) is 0 Å². The van der Waals surface area contributed by atoms with Gasteiger partial charge in [0, 0.05) is 5.69 Å². The third kappa shape index (κ3) is 4.88. The highest BCUT2D eigenvalue weighted by molar-refractivity contribution is 5.93. The first kappa shape index (κ1) is 14.7. The van der Waals surface area contributed by atoms with Gasteiger partial charge in [-0.2, -0.15) is 0 Å². The van der Waals surface area contributed by atoms with Crippen LogP contribution in [0.2, 0.25) is 0 Å². The maximum absolute atomic E-state index is 11.8. The molecule has 0 radical (unpaired) electrons. The average molecular weight is 248 g/mol. The van der Waals surface area contributed by atoms with Crippen molar-refractivity contribution in [3.05, 3.63) is 29.3 Å². The molecule has 1 aromatic rings. The van der Waals surface area contributed by atoms with Crippen molar-refractivity contribution in [2.24, 2.45) is 5.92 Å². The quantitative estimate of drug-likeness (QED) is 0.760. The fourth-order valence-corrected chi connectivity index (χ4v) is 1.79. The molecule has 0 saturated heterocycles. The first-order valence-corrected chi connectivity index (χ1v) is 6.57. The molecule has 0 aromatic heterocycles. The zero-order chi connectivity index (χ0) is 13.5. The first-order chi connectivity index (χ1) is 8.50. The van der Waals surface area contributed by atoms with Gasteiger partial charge in [-0.05, 0) is 43.9 Å². The zero-order valence-corrected chi connectivity index (χ0v) is 11.8. The first-order valence-electron chi connectivity index (χ1n) is 6.57. The fraction of sp³-hybridized carbons (Fsp3) is 0.533. The number of benzene rings is 1. The molecule has 3 heteroatoms. The summed E-state index contributed by atoms with van der Waals surface area (Å²) in [6.07, 6.45) is 1.09. The maximum atomic E-state index is 11.8. The van der Waals surface area contributed by atoms with E-state index in [2.05, 4.69) is 24.5 Å². The normalized spacial score (nSPS) is 10.7. The molecule has 0 aliphatic carbocycles. The van der Waals surface area contributed by atoms with Crippen LogP contribution < -0.4 is 10.6 Å². The molecule has 0 bridgehead atoms. The summed E-state index contributed by atoms with van der Waals surface area (Å²) in [4.78, 5) is 11.8. The van der Waals surface area contributed by atoms with Gasteiger partial charge in [-0.25, -0.2) is 0 Å². The summed E-state index contributed by atoms with van der Waals surface area (Å²) >= 11 is 0. The van der Waals surface area contributed by atoms with E-state index < -0.39 is 0 Å². The number of hydrogen-bond donors (Lipinski definition) is 2. The van der Waals surface area contributed by atoms with Crippen LogP contribution >= 0.6 is 0 Å². The van der Waals surface area contributed by atoms with Crippen LogP contribution in [-0.4, -0.2) is 19.0 Å². The van der Waals surface area contributed by atoms with Crippen molar-refractivity contribution in [2.75, 3.05) is 18.4 Å². The van der Waals surface area contributed by atoms with Gasteiger partial charge in [0.2, 0.25) is 5.91 Å². The van der Waals surface area contributed by atoms with E-state index >= 15 is 0 Å². The SMILES string of the molecule is Cc1cccc(C)c1NC(=O)CNCCC(C)C. The van der Waals surface area contributed by atoms with Gasteiger partial charge in [-0.3, -0.25) is 4.79 Å². The largest absolute Gasteiger partial charge is 0.324 e. The van der Waals surface area contributed by atoms with E-state index in [0.717, 1.165) is 29.8 Å². The average Bonchev–Trinajstić information content (AvgIpc) is 2.29. The lowest BCUT2D eigenvalue weighted by Gasteiger charge is -2.12. The summed E-state index contributed by atoms with van der Waals surface area (Å²) in [5.74, 6) is 0.690. The summed E-state index contributed by atoms with van der Waals surface area (Å²) in [6.45, 7) is 9.64. The number of anilines is 1. The van der Waals surface area contributed by atoms with Crippen LogP contribution in [0.25, 0.3) is 0 Å². The molecule has 0 atom stereocenters. The minimum atomic E-state index is 0.0242. The Labute approximate surface area is 110 Å². The monoisotopic (exact) mass is 248 g/mol. The van der Waals surface area contributed by atoms with Gasteiger partial charge < -0.3 is 10.6 Å². The second-order valence-corrected chi connectivity index (χ2v) is 5.17. The van der Waals surface area contributed by atoms with Gasteiger partial charge in [0.1, 0.15) is 0 Å². The van der Waals surface area contributed by atoms with Crippen LogP contribution in [0.15, 0.2) is 18.2 Å². The fourth-order valence-electron chi connectivity index (χ4n) is 1.79. The Bertz CT molecular complexity index is 379. The van der Waals surface area contributed by atoms with Crippen LogP contribution in [0.1, 0.15) is 31.4 Å². The zero-order valence-electron chi connectivity index (χ0n) is 11.8. The molecular formula is C15H24N2O. The number of aryl methyl sites for hydroxylation is 2. The second-order valence-electron chi connectivity index (χ2n) is 5.17. The molecule has 1 amide bonds. The number of carbonyl (C=O) groups excluding carboxylic acids is 1. The third-order valence-corrected chi connectivity index (χ3v) is 2.93. The Balaban J connectivity index is 2.40. The highest BCUT2D eigenvalue weighted by Crippen LogP contribution is 2.18. The Kier molecular flexibility index (Phi) is 5.86. The lowest BCUT2D eigenvalue weighted by atomic mass is 10.1. The second kappa shape index (κ2) is 7.17. The molecule has 18 heavy (non-hydrogen) atoms. The van der Waals surface area contributed by atoms with Gasteiger partial charge in [-0.1, -0.05) is 32.0 Å². The van der Waals surface area contributed by atoms with Crippen LogP contribution in [0, 0.1) is 19.8 Å². The molecule has 2 N–H and O–H groups in total. The topological polar surface area (TPSA) is 41.1 Å². The third-order valence-electron chi connectivity index (χ3n) is 2.93. The van der Waals surface area contributed by atoms with Crippen LogP contribution in [-0.2, 0) is 4.79 Å². The number of amides is 1. The van der Waals surface area contributed by atoms with E-state index in [0.29, 0.717) is 12.5 Å². The van der Waals surface area contributed by atoms with Gasteiger partial charge in [0.05, 0.1) is 6.54 Å². The molecule has 0 heterocycles. The molecule has 0 saturated carbocycles. The van der Waals surface area contributed by atoms with E-state index in [9.17, 15) is 4.79 Å². The van der Waals surface area contributed by atoms with Crippen molar-refractivity contribution in [3.8, 4) is 0 Å². The van der Waals surface area contributed by atoms with Gasteiger partial charge in [-0.15, -0.1) is 0 Å². The molecule has 3 nitrogen and oxygen atoms in total. The predicted molar refractivity (Wildman–Crippen MR) is 76.9 cm³/mol. The number of hydrogen-bond acceptors (Lipinski definition) is 2. The standard InChI is InChI=1S/C15H24N2O/c1-11(2)8-9-16-10-14(18)17-15-12(3)6-5-7-13(15)4/h5-7,11,16H,8-10H2,1-4H3,(H,17,18). The maximum Gasteiger partial charge on any atom is 0.238 e. The molecular weight excluding hydrogens is 224 g/mol. The van der Waals surface area contributed by atoms with E-state index in [-0.39, 0.29) is 5.91 Å². The molecule has 100 valence electrons. The van der Waals surface area contributed by atoms with Crippen molar-refractivity contribution in [3.63, 3.8) is 0 Å². The summed E-state index contributed by atoms with van der Waals surface area (Å²) < 4.78 is 0. The van der Waals surface area contributed by atoms with Crippen LogP contribution in [0.3, 0.4) is 0 Å². The molecule has 0 fully saturated rings. The summed E-state index contributed by atoms with van der Waals surface area (Å²) in [5, 5.41) is 6.13. The highest BCUT2D eigenvalue weighted by Gasteiger charge is 2.06. The van der Waals surface area contributed by atoms with E-state index in [4.69, 9.17) is 0 Å². The number of carbonyl (C=O) groups is 1. The van der Waals surface area contributed by atoms with E-state index in [1.54, 1.807) is 0 Å². The van der Waals surface area contributed by atoms with Gasteiger partial charge in [0.15, 0.2) is 0 Å². The number of para-hydroxylation sites is 1. The predicted octanol–water partition coefficient (Wildman–Crippen LogP) is 2.88. The summed E-state index contributed by atoms with van der Waals surface area (Å²) in [5.41, 5.74) is 3.14. The van der Waals surface area contributed by atoms with Gasteiger partial charge in [0.25, 0.3) is 0 Å². The summed E-state index contributed by atoms with van der Waals surface area (Å²) in [6, 6.07) is 6.02. The van der Waals surface area contributed by atoms with Crippen LogP contribution in [0.4, 0.5) is 5.69 Å². The van der Waals surface area contributed by atoms with Crippen molar-refractivity contribution in [1.82, 2.24) is 5.32 Å². The molecule has 0 aliphatic heterocycles. The highest BCUT2D eigenvalue weighted by atomic mass is 16.1. The minimum Gasteiger partial charge on any atom is -0.324 e. The summed E-state index contributed by atoms with van der Waals surface area (Å²) in [7, 11) is 0. The van der Waals surface area contributed by atoms with Crippen LogP contribution in [0.5, 0.6) is 0 Å². The van der Waals surface area contributed by atoms with Gasteiger partial charge >= 0.3 is 0 Å². The molecule has 1 aromatic carbocycles.